The van der Waals surface area contributed by atoms with Gasteiger partial charge in [-0.2, -0.15) is 0 Å². The van der Waals surface area contributed by atoms with Crippen molar-refractivity contribution in [3.8, 4) is 15.5 Å². The fourth-order valence-electron chi connectivity index (χ4n) is 3.40. The lowest BCUT2D eigenvalue weighted by atomic mass is 9.87. The Morgan fingerprint density at radius 3 is 2.25 bits per heavy atom. The summed E-state index contributed by atoms with van der Waals surface area (Å²) in [6.07, 6.45) is -0.336. The van der Waals surface area contributed by atoms with Crippen LogP contribution < -0.4 is 9.64 Å². The van der Waals surface area contributed by atoms with Gasteiger partial charge >= 0.3 is 6.16 Å². The van der Waals surface area contributed by atoms with E-state index >= 15 is 0 Å². The molecule has 1 amide bonds. The van der Waals surface area contributed by atoms with Crippen molar-refractivity contribution in [2.45, 2.75) is 52.5 Å². The van der Waals surface area contributed by atoms with Crippen LogP contribution in [0.2, 0.25) is 0 Å². The molecule has 1 N–H and O–H groups in total. The molecule has 0 aliphatic heterocycles. The Hall–Kier alpha value is -3.12. The molecule has 168 valence electrons. The maximum absolute atomic E-state index is 13.1. The van der Waals surface area contributed by atoms with E-state index in [4.69, 9.17) is 4.74 Å². The third-order valence-corrected chi connectivity index (χ3v) is 6.19. The van der Waals surface area contributed by atoms with Gasteiger partial charge in [0.05, 0.1) is 12.2 Å². The maximum atomic E-state index is 13.1. The summed E-state index contributed by atoms with van der Waals surface area (Å²) in [5.74, 6) is -0.0694. The average molecular weight is 452 g/mol. The van der Waals surface area contributed by atoms with Gasteiger partial charge in [-0.1, -0.05) is 93.6 Å². The van der Waals surface area contributed by atoms with E-state index in [9.17, 15) is 14.7 Å². The molecule has 2 aromatic carbocycles. The van der Waals surface area contributed by atoms with Crippen molar-refractivity contribution in [1.29, 1.82) is 0 Å². The Labute approximate surface area is 193 Å². The van der Waals surface area contributed by atoms with E-state index in [1.165, 1.54) is 16.9 Å². The van der Waals surface area contributed by atoms with Crippen LogP contribution in [0.3, 0.4) is 0 Å². The summed E-state index contributed by atoms with van der Waals surface area (Å²) in [6, 6.07) is 19.7. The van der Waals surface area contributed by atoms with E-state index < -0.39 is 6.16 Å². The molecule has 0 atom stereocenters. The van der Waals surface area contributed by atoms with Crippen LogP contribution in [-0.4, -0.2) is 17.2 Å². The number of hydrogen-bond acceptors (Lipinski definition) is 4. The number of rotatable bonds is 7. The first-order valence-electron chi connectivity index (χ1n) is 10.7. The van der Waals surface area contributed by atoms with Crippen molar-refractivity contribution < 1.29 is 19.4 Å². The van der Waals surface area contributed by atoms with Crippen LogP contribution in [0.15, 0.2) is 60.7 Å². The lowest BCUT2D eigenvalue weighted by molar-refractivity contribution is -0.118. The van der Waals surface area contributed by atoms with Crippen molar-refractivity contribution in [1.82, 2.24) is 0 Å². The monoisotopic (exact) mass is 451 g/mol. The molecule has 1 heterocycles. The lowest BCUT2D eigenvalue weighted by Gasteiger charge is -2.24. The minimum absolute atomic E-state index is 0.0384. The molecule has 0 saturated heterocycles. The summed E-state index contributed by atoms with van der Waals surface area (Å²) in [6.45, 7) is 8.76. The molecule has 1 aromatic heterocycles. The number of thiophene rings is 1. The Balaban J connectivity index is 2.01. The zero-order chi connectivity index (χ0) is 23.3. The van der Waals surface area contributed by atoms with E-state index in [-0.39, 0.29) is 16.4 Å². The molecular weight excluding hydrogens is 422 g/mol. The largest absolute Gasteiger partial charge is 0.512 e. The maximum Gasteiger partial charge on any atom is 0.512 e. The molecule has 0 spiro atoms. The number of benzene rings is 2. The highest BCUT2D eigenvalue weighted by Gasteiger charge is 2.25. The van der Waals surface area contributed by atoms with Crippen LogP contribution in [0.1, 0.15) is 51.7 Å². The van der Waals surface area contributed by atoms with E-state index in [1.807, 2.05) is 55.5 Å². The van der Waals surface area contributed by atoms with Gasteiger partial charge in [-0.3, -0.25) is 4.79 Å². The number of nitrogens with zero attached hydrogens (tertiary/aromatic N) is 1. The Bertz CT molecular complexity index is 1070. The zero-order valence-electron chi connectivity index (χ0n) is 18.9. The van der Waals surface area contributed by atoms with Gasteiger partial charge in [0.15, 0.2) is 0 Å². The Morgan fingerprint density at radius 2 is 1.69 bits per heavy atom. The first kappa shape index (κ1) is 23.5. The van der Waals surface area contributed by atoms with Gasteiger partial charge in [-0.15, -0.1) is 0 Å². The second-order valence-electron chi connectivity index (χ2n) is 8.69. The van der Waals surface area contributed by atoms with Gasteiger partial charge in [0, 0.05) is 11.3 Å². The zero-order valence-corrected chi connectivity index (χ0v) is 19.7. The van der Waals surface area contributed by atoms with Gasteiger partial charge in [0.2, 0.25) is 11.0 Å². The van der Waals surface area contributed by atoms with E-state index in [1.54, 1.807) is 4.90 Å². The normalized spacial score (nSPS) is 11.2. The summed E-state index contributed by atoms with van der Waals surface area (Å²) in [5.41, 5.74) is 3.64. The number of carbonyl (C=O) groups is 2. The predicted molar refractivity (Wildman–Crippen MR) is 130 cm³/mol. The van der Waals surface area contributed by atoms with E-state index in [0.29, 0.717) is 25.1 Å². The van der Waals surface area contributed by atoms with Crippen LogP contribution >= 0.6 is 11.3 Å². The van der Waals surface area contributed by atoms with Crippen LogP contribution in [0, 0.1) is 0 Å². The van der Waals surface area contributed by atoms with Gasteiger partial charge < -0.3 is 14.7 Å². The van der Waals surface area contributed by atoms with Gasteiger partial charge in [0.1, 0.15) is 0 Å². The number of ether oxygens (including phenoxy) is 1. The molecule has 0 unspecified atom stereocenters. The smallest absolute Gasteiger partial charge is 0.449 e. The first-order valence-corrected chi connectivity index (χ1v) is 11.5. The molecule has 3 aromatic rings. The summed E-state index contributed by atoms with van der Waals surface area (Å²) in [4.78, 5) is 26.9. The fraction of sp³-hybridized carbons (Fsp3) is 0.308. The molecule has 6 heteroatoms. The third kappa shape index (κ3) is 5.77. The van der Waals surface area contributed by atoms with E-state index in [2.05, 4.69) is 32.9 Å². The van der Waals surface area contributed by atoms with Crippen LogP contribution in [0.25, 0.3) is 10.4 Å². The molecule has 0 radical (unpaired) electrons. The highest BCUT2D eigenvalue weighted by atomic mass is 32.1. The minimum atomic E-state index is -1.40. The molecule has 3 rings (SSSR count). The SMILES string of the molecule is CCCC(=O)N(Cc1ccc(C(C)(C)C)cc1)c1cc(-c2ccccc2)sc1OC(=O)O. The van der Waals surface area contributed by atoms with Crippen molar-refractivity contribution in [2.75, 3.05) is 4.90 Å². The van der Waals surface area contributed by atoms with Crippen molar-refractivity contribution in [3.05, 3.63) is 71.8 Å². The Kier molecular flexibility index (Phi) is 7.36. The van der Waals surface area contributed by atoms with Crippen LogP contribution in [0.4, 0.5) is 10.5 Å². The number of hydrogen-bond donors (Lipinski definition) is 1. The Morgan fingerprint density at radius 1 is 1.03 bits per heavy atom. The number of carboxylic acid groups (broad SMARTS) is 1. The van der Waals surface area contributed by atoms with Gasteiger partial charge in [0.25, 0.3) is 0 Å². The second kappa shape index (κ2) is 10.0. The number of anilines is 1. The highest BCUT2D eigenvalue weighted by molar-refractivity contribution is 7.18. The fourth-order valence-corrected chi connectivity index (χ4v) is 4.41. The summed E-state index contributed by atoms with van der Waals surface area (Å²) in [5, 5.41) is 9.47. The molecule has 32 heavy (non-hydrogen) atoms. The number of amides is 1. The standard InChI is InChI=1S/C26H29NO4S/c1-5-9-23(28)27(17-18-12-14-20(15-13-18)26(2,3)4)21-16-22(19-10-7-6-8-11-19)32-24(21)31-25(29)30/h6-8,10-16H,5,9,17H2,1-4H3,(H,29,30). The molecule has 0 saturated carbocycles. The third-order valence-electron chi connectivity index (χ3n) is 5.13. The van der Waals surface area contributed by atoms with Crippen molar-refractivity contribution >= 4 is 29.1 Å². The van der Waals surface area contributed by atoms with Crippen molar-refractivity contribution in [3.63, 3.8) is 0 Å². The molecule has 0 bridgehead atoms. The highest BCUT2D eigenvalue weighted by Crippen LogP contribution is 2.43. The van der Waals surface area contributed by atoms with Gasteiger partial charge in [-0.25, -0.2) is 4.79 Å². The number of carbonyl (C=O) groups excluding carboxylic acids is 1. The molecule has 0 aliphatic rings. The molecule has 0 aliphatic carbocycles. The molecule has 0 fully saturated rings. The van der Waals surface area contributed by atoms with Gasteiger partial charge in [-0.05, 0) is 34.6 Å². The van der Waals surface area contributed by atoms with Crippen LogP contribution in [-0.2, 0) is 16.8 Å². The first-order chi connectivity index (χ1) is 15.2. The predicted octanol–water partition coefficient (Wildman–Crippen LogP) is 7.10. The van der Waals surface area contributed by atoms with Crippen LogP contribution in [0.5, 0.6) is 5.06 Å². The minimum Gasteiger partial charge on any atom is -0.449 e. The summed E-state index contributed by atoms with van der Waals surface area (Å²) >= 11 is 1.22. The summed E-state index contributed by atoms with van der Waals surface area (Å²) in [7, 11) is 0. The second-order valence-corrected chi connectivity index (χ2v) is 9.71. The summed E-state index contributed by atoms with van der Waals surface area (Å²) < 4.78 is 5.10. The lowest BCUT2D eigenvalue weighted by Crippen LogP contribution is -2.30. The molecule has 5 nitrogen and oxygen atoms in total. The quantitative estimate of drug-likeness (QED) is 0.389. The topological polar surface area (TPSA) is 66.8 Å². The average Bonchev–Trinajstić information content (AvgIpc) is 3.15. The van der Waals surface area contributed by atoms with E-state index in [0.717, 1.165) is 16.0 Å². The molecular formula is C26H29NO4S. The van der Waals surface area contributed by atoms with Crippen molar-refractivity contribution in [2.24, 2.45) is 0 Å².